The first kappa shape index (κ1) is 32.4. The summed E-state index contributed by atoms with van der Waals surface area (Å²) in [5, 5.41) is 5.53. The number of hydrogen-bond donors (Lipinski definition) is 2. The highest BCUT2D eigenvalue weighted by molar-refractivity contribution is 6.00. The van der Waals surface area contributed by atoms with E-state index in [-0.39, 0.29) is 17.7 Å². The number of nitrogens with zero attached hydrogens (tertiary/aromatic N) is 3. The van der Waals surface area contributed by atoms with Gasteiger partial charge >= 0.3 is 5.97 Å². The summed E-state index contributed by atoms with van der Waals surface area (Å²) in [5.41, 5.74) is 0.312. The summed E-state index contributed by atoms with van der Waals surface area (Å²) in [4.78, 5) is 87.8. The van der Waals surface area contributed by atoms with Gasteiger partial charge in [-0.1, -0.05) is 32.0 Å². The quantitative estimate of drug-likeness (QED) is 0.487. The Morgan fingerprint density at radius 3 is 1.93 bits per heavy atom. The first-order valence-electron chi connectivity index (χ1n) is 16.4. The van der Waals surface area contributed by atoms with Crippen LogP contribution in [0.3, 0.4) is 0 Å². The van der Waals surface area contributed by atoms with Gasteiger partial charge in [-0.3, -0.25) is 24.0 Å². The molecule has 0 radical (unpaired) electrons. The van der Waals surface area contributed by atoms with Gasteiger partial charge in [0.15, 0.2) is 0 Å². The van der Waals surface area contributed by atoms with Crippen molar-refractivity contribution in [3.63, 3.8) is 0 Å². The van der Waals surface area contributed by atoms with Gasteiger partial charge in [0.05, 0.1) is 0 Å². The van der Waals surface area contributed by atoms with E-state index in [9.17, 15) is 28.8 Å². The standard InChI is InChI=1S/C33H45N5O7/c1-20(2)26-32(43)37-19-11-16-24(37)30(41)36-17-9-7-14-23(36)31(42)38-18-10-8-15-25(38)33(44)45-21(3)27(29(40)34-26)35-28(39)22-12-5-4-6-13-22/h4-6,12-13,20-21,23-27H,7-11,14-19H2,1-3H3,(H,34,40)(H,35,39). The molecule has 4 saturated heterocycles. The zero-order valence-electron chi connectivity index (χ0n) is 26.4. The first-order chi connectivity index (χ1) is 21.6. The summed E-state index contributed by atoms with van der Waals surface area (Å²) >= 11 is 0. The molecule has 0 aliphatic carbocycles. The lowest BCUT2D eigenvalue weighted by Gasteiger charge is -2.43. The molecule has 5 rings (SSSR count). The second-order valence-electron chi connectivity index (χ2n) is 13.0. The third-order valence-electron chi connectivity index (χ3n) is 9.56. The van der Waals surface area contributed by atoms with Crippen molar-refractivity contribution in [3.05, 3.63) is 35.9 Å². The third kappa shape index (κ3) is 6.84. The van der Waals surface area contributed by atoms with Gasteiger partial charge in [-0.05, 0) is 76.3 Å². The van der Waals surface area contributed by atoms with Crippen LogP contribution in [0.5, 0.6) is 0 Å². The molecular weight excluding hydrogens is 578 g/mol. The number of nitrogens with one attached hydrogen (secondary N) is 2. The summed E-state index contributed by atoms with van der Waals surface area (Å²) in [5.74, 6) is -3.19. The number of carbonyl (C=O) groups excluding carboxylic acids is 6. The summed E-state index contributed by atoms with van der Waals surface area (Å²) in [6.07, 6.45) is 3.80. The van der Waals surface area contributed by atoms with Crippen molar-refractivity contribution in [2.24, 2.45) is 5.92 Å². The molecule has 12 nitrogen and oxygen atoms in total. The Morgan fingerprint density at radius 1 is 0.778 bits per heavy atom. The van der Waals surface area contributed by atoms with E-state index < -0.39 is 60.0 Å². The minimum atomic E-state index is -1.33. The molecule has 244 valence electrons. The van der Waals surface area contributed by atoms with Crippen LogP contribution in [-0.4, -0.2) is 106 Å². The van der Waals surface area contributed by atoms with Crippen molar-refractivity contribution in [1.29, 1.82) is 0 Å². The molecular formula is C33H45N5O7. The number of cyclic esters (lactones) is 1. The molecule has 1 aromatic carbocycles. The Bertz CT molecular complexity index is 1300. The number of hydrogen-bond acceptors (Lipinski definition) is 7. The fourth-order valence-corrected chi connectivity index (χ4v) is 7.04. The smallest absolute Gasteiger partial charge is 0.329 e. The molecule has 0 saturated carbocycles. The van der Waals surface area contributed by atoms with Crippen molar-refractivity contribution in [2.75, 3.05) is 19.6 Å². The van der Waals surface area contributed by atoms with E-state index in [1.165, 1.54) is 11.8 Å². The van der Waals surface area contributed by atoms with E-state index >= 15 is 0 Å². The molecule has 6 atom stereocenters. The van der Waals surface area contributed by atoms with Crippen LogP contribution in [-0.2, 0) is 28.7 Å². The topological polar surface area (TPSA) is 145 Å². The Morgan fingerprint density at radius 2 is 1.31 bits per heavy atom. The van der Waals surface area contributed by atoms with Crippen LogP contribution < -0.4 is 10.6 Å². The molecule has 4 heterocycles. The maximum atomic E-state index is 14.1. The fourth-order valence-electron chi connectivity index (χ4n) is 7.04. The second kappa shape index (κ2) is 14.0. The monoisotopic (exact) mass is 623 g/mol. The average molecular weight is 624 g/mol. The predicted octanol–water partition coefficient (Wildman–Crippen LogP) is 1.62. The lowest BCUT2D eigenvalue weighted by Crippen LogP contribution is -2.63. The number of fused-ring (bicyclic) bond motifs is 3. The second-order valence-corrected chi connectivity index (χ2v) is 13.0. The van der Waals surface area contributed by atoms with E-state index in [0.29, 0.717) is 57.3 Å². The molecule has 4 aliphatic rings. The lowest BCUT2D eigenvalue weighted by atomic mass is 9.95. The Hall–Kier alpha value is -3.96. The van der Waals surface area contributed by atoms with E-state index in [1.807, 2.05) is 0 Å². The van der Waals surface area contributed by atoms with Crippen LogP contribution in [0.4, 0.5) is 0 Å². The van der Waals surface area contributed by atoms with Crippen LogP contribution in [0.1, 0.15) is 82.5 Å². The van der Waals surface area contributed by atoms with Gasteiger partial charge in [-0.25, -0.2) is 4.79 Å². The average Bonchev–Trinajstić information content (AvgIpc) is 3.55. The van der Waals surface area contributed by atoms with Gasteiger partial charge in [0.1, 0.15) is 36.3 Å². The Labute approximate surface area is 264 Å². The largest absolute Gasteiger partial charge is 0.458 e. The van der Waals surface area contributed by atoms with Crippen molar-refractivity contribution in [1.82, 2.24) is 25.3 Å². The number of rotatable bonds is 3. The highest BCUT2D eigenvalue weighted by Crippen LogP contribution is 2.29. The van der Waals surface area contributed by atoms with E-state index in [1.54, 1.807) is 54.0 Å². The molecule has 0 spiro atoms. The van der Waals surface area contributed by atoms with E-state index in [2.05, 4.69) is 10.6 Å². The van der Waals surface area contributed by atoms with Gasteiger partial charge in [-0.2, -0.15) is 0 Å². The lowest BCUT2D eigenvalue weighted by molar-refractivity contribution is -0.166. The number of carbonyl (C=O) groups is 6. The number of esters is 1. The van der Waals surface area contributed by atoms with Crippen molar-refractivity contribution in [2.45, 2.75) is 108 Å². The third-order valence-corrected chi connectivity index (χ3v) is 9.56. The number of amides is 5. The minimum Gasteiger partial charge on any atom is -0.458 e. The number of ether oxygens (including phenoxy) is 1. The van der Waals surface area contributed by atoms with Gasteiger partial charge in [-0.15, -0.1) is 0 Å². The molecule has 5 amide bonds. The van der Waals surface area contributed by atoms with Gasteiger partial charge in [0.25, 0.3) is 5.91 Å². The molecule has 0 bridgehead atoms. The van der Waals surface area contributed by atoms with Gasteiger partial charge in [0.2, 0.25) is 23.6 Å². The Kier molecular flexibility index (Phi) is 10.1. The molecule has 12 heteroatoms. The summed E-state index contributed by atoms with van der Waals surface area (Å²) in [7, 11) is 0. The van der Waals surface area contributed by atoms with Crippen LogP contribution in [0.2, 0.25) is 0 Å². The summed E-state index contributed by atoms with van der Waals surface area (Å²) in [6, 6.07) is 3.69. The van der Waals surface area contributed by atoms with Gasteiger partial charge in [0, 0.05) is 25.2 Å². The highest BCUT2D eigenvalue weighted by atomic mass is 16.5. The number of benzene rings is 1. The van der Waals surface area contributed by atoms with E-state index in [4.69, 9.17) is 4.74 Å². The molecule has 1 aromatic rings. The zero-order chi connectivity index (χ0) is 32.2. The molecule has 4 fully saturated rings. The molecule has 0 aromatic heterocycles. The van der Waals surface area contributed by atoms with Gasteiger partial charge < -0.3 is 30.1 Å². The van der Waals surface area contributed by atoms with Crippen LogP contribution >= 0.6 is 0 Å². The molecule has 2 N–H and O–H groups in total. The molecule has 45 heavy (non-hydrogen) atoms. The summed E-state index contributed by atoms with van der Waals surface area (Å²) in [6.45, 7) is 6.23. The first-order valence-corrected chi connectivity index (χ1v) is 16.4. The normalized spacial score (nSPS) is 30.3. The Balaban J connectivity index is 1.53. The van der Waals surface area contributed by atoms with Crippen LogP contribution in [0.15, 0.2) is 30.3 Å². The van der Waals surface area contributed by atoms with Crippen LogP contribution in [0, 0.1) is 5.92 Å². The fraction of sp³-hybridized carbons (Fsp3) is 0.636. The number of piperidine rings is 2. The minimum absolute atomic E-state index is 0.266. The van der Waals surface area contributed by atoms with Crippen molar-refractivity contribution >= 4 is 35.5 Å². The van der Waals surface area contributed by atoms with Crippen molar-refractivity contribution < 1.29 is 33.5 Å². The maximum absolute atomic E-state index is 14.1. The van der Waals surface area contributed by atoms with Crippen LogP contribution in [0.25, 0.3) is 0 Å². The predicted molar refractivity (Wildman–Crippen MR) is 163 cm³/mol. The van der Waals surface area contributed by atoms with Crippen molar-refractivity contribution in [3.8, 4) is 0 Å². The molecule has 4 aliphatic heterocycles. The maximum Gasteiger partial charge on any atom is 0.329 e. The summed E-state index contributed by atoms with van der Waals surface area (Å²) < 4.78 is 5.85. The highest BCUT2D eigenvalue weighted by Gasteiger charge is 2.46. The SMILES string of the molecule is CC(C)C1NC(=O)C(NC(=O)c2ccccc2)C(C)OC(=O)C2CCCCN2C(=O)C2CCCCN2C(=O)C2CCCN2C1=O. The zero-order valence-corrected chi connectivity index (χ0v) is 26.4. The molecule has 6 unspecified atom stereocenters. The van der Waals surface area contributed by atoms with E-state index in [0.717, 1.165) is 19.3 Å².